The number of anilines is 2. The third-order valence-corrected chi connectivity index (χ3v) is 3.16. The molecule has 1 atom stereocenters. The summed E-state index contributed by atoms with van der Waals surface area (Å²) in [5.74, 6) is -1.07. The molecule has 0 amide bonds. The second kappa shape index (κ2) is 5.48. The van der Waals surface area contributed by atoms with Crippen molar-refractivity contribution in [1.29, 1.82) is 0 Å². The van der Waals surface area contributed by atoms with Gasteiger partial charge in [0.25, 0.3) is 0 Å². The lowest BCUT2D eigenvalue weighted by atomic mass is 10.1. The number of methoxy groups -OCH3 is 1. The average Bonchev–Trinajstić information content (AvgIpc) is 2.39. The van der Waals surface area contributed by atoms with Crippen LogP contribution in [0.2, 0.25) is 0 Å². The summed E-state index contributed by atoms with van der Waals surface area (Å²) in [7, 11) is 3.20. The number of aromatic nitrogens is 1. The fraction of sp³-hybridized carbons (Fsp3) is 0.583. The number of hydrogen-bond donors (Lipinski definition) is 1. The minimum absolute atomic E-state index is 0.0611. The van der Waals surface area contributed by atoms with E-state index in [-0.39, 0.29) is 17.7 Å². The zero-order valence-electron chi connectivity index (χ0n) is 10.5. The largest absolute Gasteiger partial charge is 0.380 e. The van der Waals surface area contributed by atoms with E-state index < -0.39 is 11.6 Å². The maximum Gasteiger partial charge on any atom is 0.168 e. The molecule has 0 aliphatic carbocycles. The van der Waals surface area contributed by atoms with Gasteiger partial charge in [0.05, 0.1) is 6.10 Å². The average molecular weight is 257 g/mol. The van der Waals surface area contributed by atoms with Crippen LogP contribution in [0.1, 0.15) is 12.8 Å². The van der Waals surface area contributed by atoms with Crippen LogP contribution in [0.5, 0.6) is 0 Å². The molecule has 0 radical (unpaired) electrons. The predicted octanol–water partition coefficient (Wildman–Crippen LogP) is 2.02. The van der Waals surface area contributed by atoms with Crippen molar-refractivity contribution in [1.82, 2.24) is 4.98 Å². The van der Waals surface area contributed by atoms with Gasteiger partial charge in [-0.15, -0.1) is 0 Å². The summed E-state index contributed by atoms with van der Waals surface area (Å²) in [5.41, 5.74) is 0. The summed E-state index contributed by atoms with van der Waals surface area (Å²) in [6, 6.07) is 0.866. The number of rotatable bonds is 3. The first-order valence-electron chi connectivity index (χ1n) is 5.97. The number of halogens is 2. The molecular formula is C12H17F2N3O. The van der Waals surface area contributed by atoms with Crippen molar-refractivity contribution in [2.24, 2.45) is 0 Å². The molecule has 0 saturated carbocycles. The van der Waals surface area contributed by atoms with Crippen molar-refractivity contribution >= 4 is 11.6 Å². The van der Waals surface area contributed by atoms with Gasteiger partial charge in [-0.2, -0.15) is 0 Å². The molecule has 1 saturated heterocycles. The topological polar surface area (TPSA) is 37.4 Å². The molecule has 1 aromatic rings. The zero-order valence-corrected chi connectivity index (χ0v) is 10.5. The van der Waals surface area contributed by atoms with Crippen LogP contribution in [0.15, 0.2) is 6.07 Å². The summed E-state index contributed by atoms with van der Waals surface area (Å²) in [6.07, 6.45) is 1.93. The van der Waals surface area contributed by atoms with E-state index >= 15 is 0 Å². The summed E-state index contributed by atoms with van der Waals surface area (Å²) in [6.45, 7) is 1.29. The molecule has 0 spiro atoms. The molecule has 1 aliphatic heterocycles. The van der Waals surface area contributed by atoms with Crippen molar-refractivity contribution in [2.45, 2.75) is 18.9 Å². The Morgan fingerprint density at radius 1 is 1.44 bits per heavy atom. The van der Waals surface area contributed by atoms with E-state index in [0.29, 0.717) is 13.1 Å². The monoisotopic (exact) mass is 257 g/mol. The summed E-state index contributed by atoms with van der Waals surface area (Å²) < 4.78 is 32.4. The van der Waals surface area contributed by atoms with E-state index in [9.17, 15) is 8.78 Å². The second-order valence-corrected chi connectivity index (χ2v) is 4.32. The van der Waals surface area contributed by atoms with E-state index in [4.69, 9.17) is 4.74 Å². The summed E-state index contributed by atoms with van der Waals surface area (Å²) in [5, 5.41) is 2.62. The summed E-state index contributed by atoms with van der Waals surface area (Å²) in [4.78, 5) is 5.79. The quantitative estimate of drug-likeness (QED) is 0.899. The molecule has 4 nitrogen and oxygen atoms in total. The molecule has 1 fully saturated rings. The van der Waals surface area contributed by atoms with Crippen LogP contribution in [0.3, 0.4) is 0 Å². The van der Waals surface area contributed by atoms with Gasteiger partial charge in [-0.3, -0.25) is 0 Å². The Kier molecular flexibility index (Phi) is 3.96. The van der Waals surface area contributed by atoms with E-state index in [1.807, 2.05) is 0 Å². The van der Waals surface area contributed by atoms with E-state index in [1.165, 1.54) is 0 Å². The smallest absolute Gasteiger partial charge is 0.168 e. The Morgan fingerprint density at radius 2 is 2.22 bits per heavy atom. The van der Waals surface area contributed by atoms with Gasteiger partial charge in [0.1, 0.15) is 0 Å². The number of nitrogens with one attached hydrogen (secondary N) is 1. The standard InChI is InChI=1S/C12H17F2N3O/c1-15-11-9(13)6-10(14)12(16-11)17-5-3-4-8(7-17)18-2/h6,8H,3-5,7H2,1-2H3,(H,15,16). The highest BCUT2D eigenvalue weighted by Crippen LogP contribution is 2.25. The van der Waals surface area contributed by atoms with Crippen molar-refractivity contribution in [3.05, 3.63) is 17.7 Å². The molecule has 18 heavy (non-hydrogen) atoms. The lowest BCUT2D eigenvalue weighted by Gasteiger charge is -2.33. The fourth-order valence-electron chi connectivity index (χ4n) is 2.18. The zero-order chi connectivity index (χ0) is 13.1. The maximum absolute atomic E-state index is 13.8. The molecule has 1 unspecified atom stereocenters. The molecule has 2 heterocycles. The molecule has 0 bridgehead atoms. The van der Waals surface area contributed by atoms with E-state index in [0.717, 1.165) is 18.9 Å². The summed E-state index contributed by atoms with van der Waals surface area (Å²) >= 11 is 0. The molecular weight excluding hydrogens is 240 g/mol. The minimum Gasteiger partial charge on any atom is -0.380 e. The lowest BCUT2D eigenvalue weighted by Crippen LogP contribution is -2.40. The van der Waals surface area contributed by atoms with Gasteiger partial charge in [0.15, 0.2) is 23.3 Å². The fourth-order valence-corrected chi connectivity index (χ4v) is 2.18. The van der Waals surface area contributed by atoms with E-state index in [2.05, 4.69) is 10.3 Å². The first kappa shape index (κ1) is 13.0. The third-order valence-electron chi connectivity index (χ3n) is 3.16. The number of ether oxygens (including phenoxy) is 1. The molecule has 2 rings (SSSR count). The van der Waals surface area contributed by atoms with Crippen molar-refractivity contribution in [3.8, 4) is 0 Å². The third kappa shape index (κ3) is 2.53. The van der Waals surface area contributed by atoms with Gasteiger partial charge in [-0.25, -0.2) is 13.8 Å². The van der Waals surface area contributed by atoms with Crippen molar-refractivity contribution < 1.29 is 13.5 Å². The molecule has 6 heteroatoms. The highest BCUT2D eigenvalue weighted by Gasteiger charge is 2.24. The molecule has 1 N–H and O–H groups in total. The van der Waals surface area contributed by atoms with Crippen LogP contribution in [-0.4, -0.2) is 38.3 Å². The Labute approximate surface area is 105 Å². The van der Waals surface area contributed by atoms with Crippen LogP contribution in [0, 0.1) is 11.6 Å². The second-order valence-electron chi connectivity index (χ2n) is 4.32. The molecule has 100 valence electrons. The predicted molar refractivity (Wildman–Crippen MR) is 65.9 cm³/mol. The lowest BCUT2D eigenvalue weighted by molar-refractivity contribution is 0.0889. The Morgan fingerprint density at radius 3 is 2.89 bits per heavy atom. The molecule has 1 aromatic heterocycles. The van der Waals surface area contributed by atoms with Crippen molar-refractivity contribution in [3.63, 3.8) is 0 Å². The highest BCUT2D eigenvalue weighted by molar-refractivity contribution is 5.49. The van der Waals surface area contributed by atoms with Gasteiger partial charge in [-0.1, -0.05) is 0 Å². The Bertz CT molecular complexity index is 428. The van der Waals surface area contributed by atoms with E-state index in [1.54, 1.807) is 19.1 Å². The number of pyridine rings is 1. The van der Waals surface area contributed by atoms with Crippen molar-refractivity contribution in [2.75, 3.05) is 37.5 Å². The Balaban J connectivity index is 2.26. The van der Waals surface area contributed by atoms with Gasteiger partial charge in [-0.05, 0) is 12.8 Å². The SMILES string of the molecule is CNc1nc(N2CCCC(OC)C2)c(F)cc1F. The van der Waals surface area contributed by atoms with Gasteiger partial charge in [0.2, 0.25) is 0 Å². The number of nitrogens with zero attached hydrogens (tertiary/aromatic N) is 2. The van der Waals surface area contributed by atoms with Crippen LogP contribution in [-0.2, 0) is 4.74 Å². The minimum atomic E-state index is -0.681. The maximum atomic E-state index is 13.8. The number of hydrogen-bond acceptors (Lipinski definition) is 4. The van der Waals surface area contributed by atoms with Crippen LogP contribution in [0.25, 0.3) is 0 Å². The normalized spacial score (nSPS) is 20.0. The number of piperidine rings is 1. The van der Waals surface area contributed by atoms with Gasteiger partial charge in [0, 0.05) is 33.3 Å². The van der Waals surface area contributed by atoms with Gasteiger partial charge < -0.3 is 15.0 Å². The van der Waals surface area contributed by atoms with Gasteiger partial charge >= 0.3 is 0 Å². The van der Waals surface area contributed by atoms with Crippen LogP contribution >= 0.6 is 0 Å². The highest BCUT2D eigenvalue weighted by atomic mass is 19.1. The Hall–Kier alpha value is -1.43. The first-order valence-corrected chi connectivity index (χ1v) is 5.97. The van der Waals surface area contributed by atoms with Crippen LogP contribution in [0.4, 0.5) is 20.4 Å². The first-order chi connectivity index (χ1) is 8.65. The molecule has 1 aliphatic rings. The molecule has 0 aromatic carbocycles. The van der Waals surface area contributed by atoms with Crippen LogP contribution < -0.4 is 10.2 Å².